The number of hydrogen-bond acceptors (Lipinski definition) is 3. The lowest BCUT2D eigenvalue weighted by Crippen LogP contribution is -2.48. The molecule has 0 spiro atoms. The first-order valence-corrected chi connectivity index (χ1v) is 6.38. The zero-order valence-corrected chi connectivity index (χ0v) is 11.1. The van der Waals surface area contributed by atoms with E-state index in [0.717, 1.165) is 31.0 Å². The molecule has 1 atom stereocenters. The minimum atomic E-state index is -0.800. The highest BCUT2D eigenvalue weighted by atomic mass is 19.1. The summed E-state index contributed by atoms with van der Waals surface area (Å²) in [5.41, 5.74) is -0.360. The van der Waals surface area contributed by atoms with E-state index in [2.05, 4.69) is 4.74 Å². The maximum Gasteiger partial charge on any atom is 0.328 e. The lowest BCUT2D eigenvalue weighted by molar-refractivity contribution is -0.147. The number of amides is 1. The number of nitrogens with zero attached hydrogens (tertiary/aromatic N) is 1. The van der Waals surface area contributed by atoms with Gasteiger partial charge in [-0.3, -0.25) is 4.79 Å². The number of ether oxygens (including phenoxy) is 1. The van der Waals surface area contributed by atoms with Crippen molar-refractivity contribution in [1.82, 2.24) is 4.90 Å². The third-order valence-electron chi connectivity index (χ3n) is 3.40. The van der Waals surface area contributed by atoms with Crippen molar-refractivity contribution in [3.05, 3.63) is 35.4 Å². The molecule has 1 heterocycles. The minimum Gasteiger partial charge on any atom is -0.467 e. The van der Waals surface area contributed by atoms with Crippen LogP contribution in [0.3, 0.4) is 0 Å². The van der Waals surface area contributed by atoms with Gasteiger partial charge >= 0.3 is 5.97 Å². The van der Waals surface area contributed by atoms with E-state index in [9.17, 15) is 18.4 Å². The fourth-order valence-corrected chi connectivity index (χ4v) is 2.37. The number of benzene rings is 1. The van der Waals surface area contributed by atoms with E-state index < -0.39 is 29.6 Å². The maximum absolute atomic E-state index is 13.7. The van der Waals surface area contributed by atoms with Crippen LogP contribution in [0.1, 0.15) is 29.6 Å². The van der Waals surface area contributed by atoms with Crippen LogP contribution < -0.4 is 0 Å². The molecule has 4 nitrogen and oxygen atoms in total. The monoisotopic (exact) mass is 283 g/mol. The van der Waals surface area contributed by atoms with Crippen LogP contribution in [0, 0.1) is 11.6 Å². The molecule has 1 aliphatic rings. The summed E-state index contributed by atoms with van der Waals surface area (Å²) in [7, 11) is 1.24. The number of piperidine rings is 1. The second-order valence-corrected chi connectivity index (χ2v) is 4.66. The molecule has 1 aromatic rings. The smallest absolute Gasteiger partial charge is 0.328 e. The van der Waals surface area contributed by atoms with Gasteiger partial charge in [-0.25, -0.2) is 13.6 Å². The molecular weight excluding hydrogens is 268 g/mol. The van der Waals surface area contributed by atoms with Gasteiger partial charge in [0.25, 0.3) is 5.91 Å². The third-order valence-corrected chi connectivity index (χ3v) is 3.40. The van der Waals surface area contributed by atoms with Crippen LogP contribution in [0.5, 0.6) is 0 Å². The number of carbonyl (C=O) groups excluding carboxylic acids is 2. The number of halogens is 2. The highest BCUT2D eigenvalue weighted by molar-refractivity contribution is 5.97. The standard InChI is InChI=1S/C14H15F2NO3/c1-20-14(19)12-4-2-3-7-17(12)13(18)10-8-9(15)5-6-11(10)16/h5-6,8,12H,2-4,7H2,1H3/t12-/m1/s1. The molecule has 20 heavy (non-hydrogen) atoms. The molecule has 1 aromatic carbocycles. The van der Waals surface area contributed by atoms with E-state index in [1.807, 2.05) is 0 Å². The van der Waals surface area contributed by atoms with E-state index in [1.54, 1.807) is 0 Å². The Morgan fingerprint density at radius 1 is 1.30 bits per heavy atom. The third kappa shape index (κ3) is 2.79. The minimum absolute atomic E-state index is 0.328. The van der Waals surface area contributed by atoms with E-state index in [1.165, 1.54) is 12.0 Å². The molecule has 0 aromatic heterocycles. The van der Waals surface area contributed by atoms with Gasteiger partial charge < -0.3 is 9.64 Å². The quantitative estimate of drug-likeness (QED) is 0.781. The van der Waals surface area contributed by atoms with Gasteiger partial charge in [-0.1, -0.05) is 0 Å². The van der Waals surface area contributed by atoms with Crippen molar-refractivity contribution in [2.45, 2.75) is 25.3 Å². The molecule has 6 heteroatoms. The Bertz CT molecular complexity index is 533. The number of esters is 1. The Balaban J connectivity index is 2.30. The molecular formula is C14H15F2NO3. The lowest BCUT2D eigenvalue weighted by atomic mass is 10.0. The van der Waals surface area contributed by atoms with Crippen molar-refractivity contribution in [2.75, 3.05) is 13.7 Å². The summed E-state index contributed by atoms with van der Waals surface area (Å²) in [4.78, 5) is 25.3. The van der Waals surface area contributed by atoms with Gasteiger partial charge in [-0.05, 0) is 37.5 Å². The zero-order valence-electron chi connectivity index (χ0n) is 11.1. The summed E-state index contributed by atoms with van der Waals surface area (Å²) in [6.45, 7) is 0.328. The summed E-state index contributed by atoms with van der Waals surface area (Å²) in [6, 6.07) is 1.96. The van der Waals surface area contributed by atoms with Crippen LogP contribution in [0.25, 0.3) is 0 Å². The van der Waals surface area contributed by atoms with Gasteiger partial charge in [0.05, 0.1) is 12.7 Å². The molecule has 1 aliphatic heterocycles. The molecule has 1 amide bonds. The first-order chi connectivity index (χ1) is 9.54. The van der Waals surface area contributed by atoms with Gasteiger partial charge in [0.1, 0.15) is 17.7 Å². The van der Waals surface area contributed by atoms with Gasteiger partial charge in [0.2, 0.25) is 0 Å². The van der Waals surface area contributed by atoms with Crippen molar-refractivity contribution in [2.24, 2.45) is 0 Å². The predicted octanol–water partition coefficient (Wildman–Crippen LogP) is 2.13. The van der Waals surface area contributed by atoms with Crippen molar-refractivity contribution in [3.8, 4) is 0 Å². The number of methoxy groups -OCH3 is 1. The van der Waals surface area contributed by atoms with Crippen molar-refractivity contribution in [1.29, 1.82) is 0 Å². The highest BCUT2D eigenvalue weighted by Gasteiger charge is 2.34. The molecule has 1 saturated heterocycles. The van der Waals surface area contributed by atoms with E-state index >= 15 is 0 Å². The van der Waals surface area contributed by atoms with E-state index in [4.69, 9.17) is 0 Å². The molecule has 0 unspecified atom stereocenters. The summed E-state index contributed by atoms with van der Waals surface area (Å²) in [5, 5.41) is 0. The lowest BCUT2D eigenvalue weighted by Gasteiger charge is -2.33. The van der Waals surface area contributed by atoms with Crippen LogP contribution in [0.15, 0.2) is 18.2 Å². The topological polar surface area (TPSA) is 46.6 Å². The van der Waals surface area contributed by atoms with Crippen molar-refractivity contribution < 1.29 is 23.1 Å². The predicted molar refractivity (Wildman–Crippen MR) is 67.0 cm³/mol. The number of likely N-dealkylation sites (tertiary alicyclic amines) is 1. The average Bonchev–Trinajstić information content (AvgIpc) is 2.48. The van der Waals surface area contributed by atoms with Gasteiger partial charge in [0, 0.05) is 6.54 Å². The molecule has 0 N–H and O–H groups in total. The van der Waals surface area contributed by atoms with Gasteiger partial charge in [-0.2, -0.15) is 0 Å². The summed E-state index contributed by atoms with van der Waals surface area (Å²) in [5.74, 6) is -2.71. The Hall–Kier alpha value is -1.98. The number of carbonyl (C=O) groups is 2. The van der Waals surface area contributed by atoms with Crippen LogP contribution in [0.2, 0.25) is 0 Å². The second-order valence-electron chi connectivity index (χ2n) is 4.66. The SMILES string of the molecule is COC(=O)[C@H]1CCCCN1C(=O)c1cc(F)ccc1F. The molecule has 0 aliphatic carbocycles. The van der Waals surface area contributed by atoms with Crippen LogP contribution in [0.4, 0.5) is 8.78 Å². The molecule has 0 radical (unpaired) electrons. The van der Waals surface area contributed by atoms with Crippen LogP contribution >= 0.6 is 0 Å². The Labute approximate surface area is 115 Å². The van der Waals surface area contributed by atoms with E-state index in [-0.39, 0.29) is 5.56 Å². The molecule has 2 rings (SSSR count). The highest BCUT2D eigenvalue weighted by Crippen LogP contribution is 2.22. The van der Waals surface area contributed by atoms with Gasteiger partial charge in [0.15, 0.2) is 0 Å². The normalized spacial score (nSPS) is 18.8. The van der Waals surface area contributed by atoms with Gasteiger partial charge in [-0.15, -0.1) is 0 Å². The average molecular weight is 283 g/mol. The summed E-state index contributed by atoms with van der Waals surface area (Å²) < 4.78 is 31.5. The van der Waals surface area contributed by atoms with Crippen LogP contribution in [-0.2, 0) is 9.53 Å². The number of hydrogen-bond donors (Lipinski definition) is 0. The van der Waals surface area contributed by atoms with Crippen LogP contribution in [-0.4, -0.2) is 36.5 Å². The fourth-order valence-electron chi connectivity index (χ4n) is 2.37. The molecule has 0 bridgehead atoms. The Morgan fingerprint density at radius 2 is 2.05 bits per heavy atom. The Morgan fingerprint density at radius 3 is 2.75 bits per heavy atom. The summed E-state index contributed by atoms with van der Waals surface area (Å²) in [6.07, 6.45) is 1.97. The maximum atomic E-state index is 13.7. The second kappa shape index (κ2) is 5.98. The molecule has 0 saturated carbocycles. The van der Waals surface area contributed by atoms with Crippen molar-refractivity contribution >= 4 is 11.9 Å². The first-order valence-electron chi connectivity index (χ1n) is 6.38. The van der Waals surface area contributed by atoms with E-state index in [0.29, 0.717) is 13.0 Å². The molecule has 108 valence electrons. The largest absolute Gasteiger partial charge is 0.467 e. The van der Waals surface area contributed by atoms with Crippen molar-refractivity contribution in [3.63, 3.8) is 0 Å². The fraction of sp³-hybridized carbons (Fsp3) is 0.429. The Kier molecular flexibility index (Phi) is 4.32. The first kappa shape index (κ1) is 14.4. The number of rotatable bonds is 2. The summed E-state index contributed by atoms with van der Waals surface area (Å²) >= 11 is 0. The zero-order chi connectivity index (χ0) is 14.7. The molecule has 1 fully saturated rings.